The molecule has 0 radical (unpaired) electrons. The second kappa shape index (κ2) is 10.4. The number of carbonyl (C=O) groups is 2. The normalized spacial score (nSPS) is 10.4. The molecule has 2 aromatic rings. The van der Waals surface area contributed by atoms with Gasteiger partial charge in [-0.1, -0.05) is 13.3 Å². The van der Waals surface area contributed by atoms with E-state index in [0.717, 1.165) is 31.6 Å². The Labute approximate surface area is 167 Å². The van der Waals surface area contributed by atoms with Gasteiger partial charge in [0.25, 0.3) is 11.8 Å². The van der Waals surface area contributed by atoms with E-state index in [4.69, 9.17) is 0 Å². The second-order valence-electron chi connectivity index (χ2n) is 6.72. The summed E-state index contributed by atoms with van der Waals surface area (Å²) in [4.78, 5) is 33.0. The average molecular weight is 383 g/mol. The van der Waals surface area contributed by atoms with E-state index in [0.29, 0.717) is 23.4 Å². The van der Waals surface area contributed by atoms with Gasteiger partial charge in [0.2, 0.25) is 0 Å². The molecule has 1 N–H and O–H groups in total. The van der Waals surface area contributed by atoms with Crippen LogP contribution < -0.4 is 10.2 Å². The summed E-state index contributed by atoms with van der Waals surface area (Å²) in [6.45, 7) is 8.85. The summed E-state index contributed by atoms with van der Waals surface area (Å²) < 4.78 is 0. The van der Waals surface area contributed by atoms with Gasteiger partial charge in [-0.05, 0) is 50.6 Å². The van der Waals surface area contributed by atoms with E-state index in [1.165, 1.54) is 12.4 Å². The van der Waals surface area contributed by atoms with Crippen molar-refractivity contribution in [2.75, 3.05) is 36.9 Å². The number of aromatic nitrogens is 1. The van der Waals surface area contributed by atoms with Crippen molar-refractivity contribution in [3.8, 4) is 0 Å². The molecule has 0 saturated carbocycles. The monoisotopic (exact) mass is 382 g/mol. The maximum Gasteiger partial charge on any atom is 0.257 e. The molecule has 6 nitrogen and oxygen atoms in total. The van der Waals surface area contributed by atoms with E-state index < -0.39 is 0 Å². The van der Waals surface area contributed by atoms with Crippen LogP contribution in [0.4, 0.5) is 11.4 Å². The third-order valence-electron chi connectivity index (χ3n) is 4.69. The average Bonchev–Trinajstić information content (AvgIpc) is 2.73. The molecule has 150 valence electrons. The first-order valence-corrected chi connectivity index (χ1v) is 9.87. The van der Waals surface area contributed by atoms with Crippen LogP contribution >= 0.6 is 0 Å². The lowest BCUT2D eigenvalue weighted by atomic mass is 10.1. The molecule has 0 fully saturated rings. The second-order valence-corrected chi connectivity index (χ2v) is 6.72. The lowest BCUT2D eigenvalue weighted by Crippen LogP contribution is -2.28. The third-order valence-corrected chi connectivity index (χ3v) is 4.69. The minimum atomic E-state index is -0.283. The molecule has 28 heavy (non-hydrogen) atoms. The molecule has 1 aromatic carbocycles. The Hall–Kier alpha value is -2.89. The van der Waals surface area contributed by atoms with Crippen LogP contribution in [0.1, 0.15) is 54.3 Å². The molecule has 0 unspecified atom stereocenters. The Kier molecular flexibility index (Phi) is 7.99. The van der Waals surface area contributed by atoms with E-state index in [9.17, 15) is 9.59 Å². The maximum absolute atomic E-state index is 12.6. The lowest BCUT2D eigenvalue weighted by molar-refractivity contribution is 0.0793. The molecular weight excluding hydrogens is 352 g/mol. The predicted octanol–water partition coefficient (Wildman–Crippen LogP) is 4.05. The largest absolute Gasteiger partial charge is 0.372 e. The van der Waals surface area contributed by atoms with Gasteiger partial charge in [0.1, 0.15) is 0 Å². The minimum absolute atomic E-state index is 0.126. The summed E-state index contributed by atoms with van der Waals surface area (Å²) in [7, 11) is 1.77. The van der Waals surface area contributed by atoms with E-state index in [2.05, 4.69) is 36.0 Å². The summed E-state index contributed by atoms with van der Waals surface area (Å²) >= 11 is 0. The van der Waals surface area contributed by atoms with Gasteiger partial charge in [0.15, 0.2) is 0 Å². The van der Waals surface area contributed by atoms with Crippen LogP contribution in [0.3, 0.4) is 0 Å². The minimum Gasteiger partial charge on any atom is -0.372 e. The van der Waals surface area contributed by atoms with Crippen molar-refractivity contribution in [2.24, 2.45) is 0 Å². The Bertz CT molecular complexity index is 785. The highest BCUT2D eigenvalue weighted by atomic mass is 16.2. The highest BCUT2D eigenvalue weighted by Gasteiger charge is 2.15. The van der Waals surface area contributed by atoms with Crippen LogP contribution in [0.15, 0.2) is 42.7 Å². The van der Waals surface area contributed by atoms with Crippen molar-refractivity contribution in [1.29, 1.82) is 0 Å². The Balaban J connectivity index is 2.07. The molecule has 0 bridgehead atoms. The van der Waals surface area contributed by atoms with E-state index >= 15 is 0 Å². The van der Waals surface area contributed by atoms with E-state index in [1.54, 1.807) is 18.0 Å². The van der Waals surface area contributed by atoms with Crippen LogP contribution in [-0.2, 0) is 0 Å². The van der Waals surface area contributed by atoms with Crippen LogP contribution in [-0.4, -0.2) is 48.4 Å². The summed E-state index contributed by atoms with van der Waals surface area (Å²) in [6, 6.07) is 9.34. The molecule has 1 aromatic heterocycles. The lowest BCUT2D eigenvalue weighted by Gasteiger charge is -2.21. The Morgan fingerprint density at radius 1 is 1.00 bits per heavy atom. The van der Waals surface area contributed by atoms with Crippen molar-refractivity contribution >= 4 is 23.2 Å². The Morgan fingerprint density at radius 2 is 1.64 bits per heavy atom. The number of amides is 2. The fraction of sp³-hybridized carbons (Fsp3) is 0.409. The first-order valence-electron chi connectivity index (χ1n) is 9.87. The summed E-state index contributed by atoms with van der Waals surface area (Å²) in [5.41, 5.74) is 2.61. The smallest absolute Gasteiger partial charge is 0.257 e. The zero-order valence-corrected chi connectivity index (χ0v) is 17.2. The van der Waals surface area contributed by atoms with Gasteiger partial charge in [-0.3, -0.25) is 14.6 Å². The predicted molar refractivity (Wildman–Crippen MR) is 114 cm³/mol. The molecule has 0 spiro atoms. The number of rotatable bonds is 9. The van der Waals surface area contributed by atoms with Gasteiger partial charge >= 0.3 is 0 Å². The number of carbonyl (C=O) groups excluding carboxylic acids is 2. The summed E-state index contributed by atoms with van der Waals surface area (Å²) in [5.74, 6) is -0.409. The molecule has 1 heterocycles. The van der Waals surface area contributed by atoms with Gasteiger partial charge in [-0.15, -0.1) is 0 Å². The summed E-state index contributed by atoms with van der Waals surface area (Å²) in [6.07, 6.45) is 4.94. The van der Waals surface area contributed by atoms with Crippen molar-refractivity contribution in [1.82, 2.24) is 9.88 Å². The number of pyridine rings is 1. The van der Waals surface area contributed by atoms with Crippen molar-refractivity contribution in [3.63, 3.8) is 0 Å². The topological polar surface area (TPSA) is 65.5 Å². The number of hydrogen-bond donors (Lipinski definition) is 1. The highest BCUT2D eigenvalue weighted by molar-refractivity contribution is 6.05. The molecule has 0 saturated heterocycles. The standard InChI is InChI=1S/C22H30N4O2/c1-5-8-13-25(4)22(28)18-14-17(15-23-16-18)21(27)24-19-9-11-20(12-10-19)26(6-2)7-3/h9-12,14-16H,5-8,13H2,1-4H3,(H,24,27). The maximum atomic E-state index is 12.6. The van der Waals surface area contributed by atoms with Crippen LogP contribution in [0.2, 0.25) is 0 Å². The number of unbranched alkanes of at least 4 members (excludes halogenated alkanes) is 1. The highest BCUT2D eigenvalue weighted by Crippen LogP contribution is 2.18. The van der Waals surface area contributed by atoms with Gasteiger partial charge in [-0.2, -0.15) is 0 Å². The SMILES string of the molecule is CCCCN(C)C(=O)c1cncc(C(=O)Nc2ccc(N(CC)CC)cc2)c1. The number of anilines is 2. The van der Waals surface area contributed by atoms with E-state index in [-0.39, 0.29) is 11.8 Å². The van der Waals surface area contributed by atoms with Crippen molar-refractivity contribution < 1.29 is 9.59 Å². The summed E-state index contributed by atoms with van der Waals surface area (Å²) in [5, 5.41) is 2.87. The quantitative estimate of drug-likeness (QED) is 0.710. The van der Waals surface area contributed by atoms with Crippen molar-refractivity contribution in [3.05, 3.63) is 53.9 Å². The molecular formula is C22H30N4O2. The van der Waals surface area contributed by atoms with Crippen molar-refractivity contribution in [2.45, 2.75) is 33.6 Å². The molecule has 2 amide bonds. The zero-order chi connectivity index (χ0) is 20.5. The first kappa shape index (κ1) is 21.4. The third kappa shape index (κ3) is 5.55. The molecule has 2 rings (SSSR count). The van der Waals surface area contributed by atoms with Crippen LogP contribution in [0.25, 0.3) is 0 Å². The van der Waals surface area contributed by atoms with Gasteiger partial charge in [-0.25, -0.2) is 0 Å². The number of nitrogens with one attached hydrogen (secondary N) is 1. The number of hydrogen-bond acceptors (Lipinski definition) is 4. The van der Waals surface area contributed by atoms with Crippen LogP contribution in [0.5, 0.6) is 0 Å². The van der Waals surface area contributed by atoms with Gasteiger partial charge in [0, 0.05) is 50.5 Å². The fourth-order valence-corrected chi connectivity index (χ4v) is 2.95. The number of nitrogens with zero attached hydrogens (tertiary/aromatic N) is 3. The van der Waals surface area contributed by atoms with Gasteiger partial charge < -0.3 is 15.1 Å². The van der Waals surface area contributed by atoms with Crippen LogP contribution in [0, 0.1) is 0 Å². The van der Waals surface area contributed by atoms with Gasteiger partial charge in [0.05, 0.1) is 11.1 Å². The molecule has 0 aliphatic carbocycles. The number of benzene rings is 1. The molecule has 0 aliphatic rings. The van der Waals surface area contributed by atoms with E-state index in [1.807, 2.05) is 24.3 Å². The zero-order valence-electron chi connectivity index (χ0n) is 17.2. The first-order chi connectivity index (χ1) is 13.5. The molecule has 0 atom stereocenters. The molecule has 0 aliphatic heterocycles. The Morgan fingerprint density at radius 3 is 2.25 bits per heavy atom. The fourth-order valence-electron chi connectivity index (χ4n) is 2.95. The molecule has 6 heteroatoms.